The van der Waals surface area contributed by atoms with Crippen molar-refractivity contribution in [2.75, 3.05) is 0 Å². The van der Waals surface area contributed by atoms with E-state index < -0.39 is 0 Å². The molecule has 94 valence electrons. The van der Waals surface area contributed by atoms with E-state index in [1.54, 1.807) is 18.7 Å². The van der Waals surface area contributed by atoms with Crippen molar-refractivity contribution in [3.8, 4) is 0 Å². The van der Waals surface area contributed by atoms with Gasteiger partial charge in [-0.15, -0.1) is 0 Å². The van der Waals surface area contributed by atoms with Gasteiger partial charge in [0.05, 0.1) is 6.33 Å². The van der Waals surface area contributed by atoms with Crippen LogP contribution in [-0.2, 0) is 0 Å². The lowest BCUT2D eigenvalue weighted by atomic mass is 10.1. The van der Waals surface area contributed by atoms with E-state index in [0.717, 1.165) is 0 Å². The number of hydrogen-bond donors (Lipinski definition) is 1. The van der Waals surface area contributed by atoms with Crippen LogP contribution in [0.25, 0.3) is 12.2 Å². The van der Waals surface area contributed by atoms with E-state index in [0.29, 0.717) is 0 Å². The topological polar surface area (TPSA) is 28.7 Å². The summed E-state index contributed by atoms with van der Waals surface area (Å²) in [7, 11) is 0. The van der Waals surface area contributed by atoms with Crippen LogP contribution in [0, 0.1) is 0 Å². The molecule has 1 heterocycles. The van der Waals surface area contributed by atoms with Crippen LogP contribution in [0.3, 0.4) is 0 Å². The number of imidazole rings is 1. The van der Waals surface area contributed by atoms with Gasteiger partial charge in [-0.25, -0.2) is 4.98 Å². The zero-order chi connectivity index (χ0) is 13.2. The first-order valence-electron chi connectivity index (χ1n) is 6.16. The molecule has 2 aromatic carbocycles. The fourth-order valence-corrected chi connectivity index (χ4v) is 1.54. The molecule has 1 N–H and O–H groups in total. The number of benzene rings is 2. The van der Waals surface area contributed by atoms with Gasteiger partial charge in [0.15, 0.2) is 0 Å². The van der Waals surface area contributed by atoms with Gasteiger partial charge >= 0.3 is 0 Å². The Kier molecular flexibility index (Phi) is 5.18. The SMILES string of the molecule is C(=Cc1ccccc1)c1ccccc1.c1c[nH]cn1. The summed E-state index contributed by atoms with van der Waals surface area (Å²) in [6, 6.07) is 20.6. The van der Waals surface area contributed by atoms with Crippen molar-refractivity contribution in [3.05, 3.63) is 90.5 Å². The van der Waals surface area contributed by atoms with E-state index in [1.807, 2.05) is 36.4 Å². The number of nitrogens with one attached hydrogen (secondary N) is 1. The highest BCUT2D eigenvalue weighted by Gasteiger charge is 1.84. The molecule has 2 heteroatoms. The standard InChI is InChI=1S/C14H12.C3H4N2/c1-3-7-13(8-4-1)11-12-14-9-5-2-6-10-14;1-2-5-3-4-1/h1-12H;1-3H,(H,4,5). The van der Waals surface area contributed by atoms with Crippen molar-refractivity contribution in [2.45, 2.75) is 0 Å². The summed E-state index contributed by atoms with van der Waals surface area (Å²) in [6.07, 6.45) is 9.32. The molecule has 0 unspecified atom stereocenters. The molecule has 0 aliphatic rings. The minimum atomic E-state index is 1.23. The van der Waals surface area contributed by atoms with Crippen molar-refractivity contribution in [1.29, 1.82) is 0 Å². The van der Waals surface area contributed by atoms with Crippen molar-refractivity contribution in [3.63, 3.8) is 0 Å². The van der Waals surface area contributed by atoms with E-state index >= 15 is 0 Å². The molecule has 0 spiro atoms. The third kappa shape index (κ3) is 5.04. The van der Waals surface area contributed by atoms with Crippen molar-refractivity contribution in [1.82, 2.24) is 9.97 Å². The fourth-order valence-electron chi connectivity index (χ4n) is 1.54. The van der Waals surface area contributed by atoms with E-state index in [-0.39, 0.29) is 0 Å². The molecular formula is C17H16N2. The minimum Gasteiger partial charge on any atom is -0.351 e. The molecule has 3 rings (SSSR count). The molecule has 1 aromatic heterocycles. The zero-order valence-corrected chi connectivity index (χ0v) is 10.6. The van der Waals surface area contributed by atoms with Gasteiger partial charge < -0.3 is 4.98 Å². The van der Waals surface area contributed by atoms with Crippen molar-refractivity contribution >= 4 is 12.2 Å². The average Bonchev–Trinajstić information content (AvgIpc) is 3.07. The third-order valence-corrected chi connectivity index (χ3v) is 2.47. The first kappa shape index (κ1) is 12.8. The normalized spacial score (nSPS) is 9.89. The van der Waals surface area contributed by atoms with Crippen LogP contribution >= 0.6 is 0 Å². The van der Waals surface area contributed by atoms with Crippen LogP contribution in [0.1, 0.15) is 11.1 Å². The molecule has 0 aliphatic heterocycles. The smallest absolute Gasteiger partial charge is 0.0919 e. The Hall–Kier alpha value is -2.61. The summed E-state index contributed by atoms with van der Waals surface area (Å²) in [5.74, 6) is 0. The molecule has 2 nitrogen and oxygen atoms in total. The Labute approximate surface area is 113 Å². The van der Waals surface area contributed by atoms with Gasteiger partial charge in [0, 0.05) is 12.4 Å². The van der Waals surface area contributed by atoms with Crippen LogP contribution < -0.4 is 0 Å². The molecule has 0 fully saturated rings. The number of H-pyrrole nitrogens is 1. The average molecular weight is 248 g/mol. The maximum Gasteiger partial charge on any atom is 0.0919 e. The number of hydrogen-bond acceptors (Lipinski definition) is 1. The van der Waals surface area contributed by atoms with Crippen LogP contribution in [0.2, 0.25) is 0 Å². The predicted octanol–water partition coefficient (Wildman–Crippen LogP) is 4.27. The molecule has 19 heavy (non-hydrogen) atoms. The fraction of sp³-hybridized carbons (Fsp3) is 0. The number of aromatic amines is 1. The molecule has 0 amide bonds. The number of aromatic nitrogens is 2. The van der Waals surface area contributed by atoms with Gasteiger partial charge in [0.2, 0.25) is 0 Å². The summed E-state index contributed by atoms with van der Waals surface area (Å²) in [5, 5.41) is 0. The summed E-state index contributed by atoms with van der Waals surface area (Å²) < 4.78 is 0. The highest BCUT2D eigenvalue weighted by molar-refractivity contribution is 5.69. The van der Waals surface area contributed by atoms with E-state index in [2.05, 4.69) is 46.4 Å². The highest BCUT2D eigenvalue weighted by Crippen LogP contribution is 2.06. The Balaban J connectivity index is 0.000000224. The van der Waals surface area contributed by atoms with E-state index in [4.69, 9.17) is 0 Å². The van der Waals surface area contributed by atoms with Gasteiger partial charge in [-0.1, -0.05) is 72.8 Å². The zero-order valence-electron chi connectivity index (χ0n) is 10.6. The lowest BCUT2D eigenvalue weighted by molar-refractivity contribution is 1.31. The lowest BCUT2D eigenvalue weighted by Gasteiger charge is -1.92. The monoisotopic (exact) mass is 248 g/mol. The molecular weight excluding hydrogens is 232 g/mol. The second kappa shape index (κ2) is 7.67. The summed E-state index contributed by atoms with van der Waals surface area (Å²) in [6.45, 7) is 0. The summed E-state index contributed by atoms with van der Waals surface area (Å²) in [5.41, 5.74) is 2.47. The van der Waals surface area contributed by atoms with Crippen LogP contribution in [-0.4, -0.2) is 9.97 Å². The minimum absolute atomic E-state index is 1.23. The molecule has 0 atom stereocenters. The second-order valence-electron chi connectivity index (χ2n) is 3.92. The third-order valence-electron chi connectivity index (χ3n) is 2.47. The van der Waals surface area contributed by atoms with Crippen molar-refractivity contribution < 1.29 is 0 Å². The van der Waals surface area contributed by atoms with E-state index in [1.165, 1.54) is 11.1 Å². The van der Waals surface area contributed by atoms with Gasteiger partial charge in [0.25, 0.3) is 0 Å². The summed E-state index contributed by atoms with van der Waals surface area (Å²) >= 11 is 0. The molecule has 0 saturated heterocycles. The Bertz CT molecular complexity index is 510. The molecule has 0 bridgehead atoms. The highest BCUT2D eigenvalue weighted by atomic mass is 14.8. The van der Waals surface area contributed by atoms with Gasteiger partial charge in [-0.2, -0.15) is 0 Å². The van der Waals surface area contributed by atoms with Crippen LogP contribution in [0.5, 0.6) is 0 Å². The van der Waals surface area contributed by atoms with Crippen LogP contribution in [0.4, 0.5) is 0 Å². The Morgan fingerprint density at radius 1 is 0.737 bits per heavy atom. The summed E-state index contributed by atoms with van der Waals surface area (Å²) in [4.78, 5) is 6.42. The maximum absolute atomic E-state index is 3.67. The van der Waals surface area contributed by atoms with Gasteiger partial charge in [-0.3, -0.25) is 0 Å². The van der Waals surface area contributed by atoms with Crippen molar-refractivity contribution in [2.24, 2.45) is 0 Å². The molecule has 3 aromatic rings. The number of nitrogens with zero attached hydrogens (tertiary/aromatic N) is 1. The lowest BCUT2D eigenvalue weighted by Crippen LogP contribution is -1.70. The Morgan fingerprint density at radius 2 is 1.26 bits per heavy atom. The number of rotatable bonds is 2. The van der Waals surface area contributed by atoms with Crippen LogP contribution in [0.15, 0.2) is 79.4 Å². The predicted molar refractivity (Wildman–Crippen MR) is 80.4 cm³/mol. The Morgan fingerprint density at radius 3 is 1.58 bits per heavy atom. The quantitative estimate of drug-likeness (QED) is 0.674. The van der Waals surface area contributed by atoms with E-state index in [9.17, 15) is 0 Å². The largest absolute Gasteiger partial charge is 0.351 e. The molecule has 0 aliphatic carbocycles. The van der Waals surface area contributed by atoms with Gasteiger partial charge in [-0.05, 0) is 11.1 Å². The molecule has 0 saturated carbocycles. The van der Waals surface area contributed by atoms with Gasteiger partial charge in [0.1, 0.15) is 0 Å². The second-order valence-corrected chi connectivity index (χ2v) is 3.92. The first-order chi connectivity index (χ1) is 9.45. The molecule has 0 radical (unpaired) electrons. The maximum atomic E-state index is 3.67. The first-order valence-corrected chi connectivity index (χ1v) is 6.16.